The van der Waals surface area contributed by atoms with Crippen molar-refractivity contribution in [2.75, 3.05) is 0 Å². The lowest BCUT2D eigenvalue weighted by Gasteiger charge is -2.05. The third-order valence-electron chi connectivity index (χ3n) is 3.02. The van der Waals surface area contributed by atoms with Crippen LogP contribution >= 0.6 is 0 Å². The Hall–Kier alpha value is -2.40. The molecule has 0 saturated heterocycles. The maximum Gasteiger partial charge on any atom is 0.0838 e. The van der Waals surface area contributed by atoms with E-state index in [2.05, 4.69) is 22.3 Å². The summed E-state index contributed by atoms with van der Waals surface area (Å²) in [5.41, 5.74) is 9.83. The van der Waals surface area contributed by atoms with Gasteiger partial charge in [-0.05, 0) is 23.8 Å². The third kappa shape index (κ3) is 2.15. The smallest absolute Gasteiger partial charge is 0.0838 e. The summed E-state index contributed by atoms with van der Waals surface area (Å²) in [6, 6.07) is 10.1. The fourth-order valence-electron chi connectivity index (χ4n) is 2.16. The van der Waals surface area contributed by atoms with Gasteiger partial charge < -0.3 is 5.73 Å². The van der Waals surface area contributed by atoms with Gasteiger partial charge in [-0.25, -0.2) is 4.68 Å². The SMILES string of the molecule is Cn1cc(-c2cccc(-n3cccn3)c2)c(CN)n1. The summed E-state index contributed by atoms with van der Waals surface area (Å²) < 4.78 is 3.63. The maximum atomic E-state index is 5.74. The molecule has 2 N–H and O–H groups in total. The molecule has 0 aliphatic carbocycles. The van der Waals surface area contributed by atoms with E-state index >= 15 is 0 Å². The molecular weight excluding hydrogens is 238 g/mol. The first-order valence-corrected chi connectivity index (χ1v) is 6.11. The minimum Gasteiger partial charge on any atom is -0.325 e. The second kappa shape index (κ2) is 4.70. The molecule has 0 fully saturated rings. The van der Waals surface area contributed by atoms with Gasteiger partial charge >= 0.3 is 0 Å². The van der Waals surface area contributed by atoms with Crippen LogP contribution in [0.25, 0.3) is 16.8 Å². The quantitative estimate of drug-likeness (QED) is 0.773. The summed E-state index contributed by atoms with van der Waals surface area (Å²) in [6.07, 6.45) is 5.68. The van der Waals surface area contributed by atoms with Crippen molar-refractivity contribution < 1.29 is 0 Å². The Morgan fingerprint density at radius 1 is 1.26 bits per heavy atom. The van der Waals surface area contributed by atoms with Crippen molar-refractivity contribution in [2.45, 2.75) is 6.54 Å². The van der Waals surface area contributed by atoms with Crippen LogP contribution in [0.3, 0.4) is 0 Å². The van der Waals surface area contributed by atoms with Gasteiger partial charge in [-0.2, -0.15) is 10.2 Å². The molecule has 0 aliphatic heterocycles. The van der Waals surface area contributed by atoms with E-state index in [-0.39, 0.29) is 0 Å². The normalized spacial score (nSPS) is 10.8. The molecule has 1 aromatic carbocycles. The fourth-order valence-corrected chi connectivity index (χ4v) is 2.16. The lowest BCUT2D eigenvalue weighted by Crippen LogP contribution is -2.00. The number of nitrogens with zero attached hydrogens (tertiary/aromatic N) is 4. The molecule has 5 heteroatoms. The Labute approximate surface area is 111 Å². The number of hydrogen-bond donors (Lipinski definition) is 1. The topological polar surface area (TPSA) is 61.7 Å². The van der Waals surface area contributed by atoms with Crippen molar-refractivity contribution in [3.63, 3.8) is 0 Å². The molecule has 0 saturated carbocycles. The second-order valence-electron chi connectivity index (χ2n) is 4.37. The predicted octanol–water partition coefficient (Wildman–Crippen LogP) is 1.73. The number of nitrogens with two attached hydrogens (primary N) is 1. The molecule has 96 valence electrons. The van der Waals surface area contributed by atoms with Crippen molar-refractivity contribution in [1.82, 2.24) is 19.6 Å². The van der Waals surface area contributed by atoms with Gasteiger partial charge in [0.25, 0.3) is 0 Å². The van der Waals surface area contributed by atoms with Gasteiger partial charge in [0.15, 0.2) is 0 Å². The van der Waals surface area contributed by atoms with Crippen LogP contribution in [-0.2, 0) is 13.6 Å². The summed E-state index contributed by atoms with van der Waals surface area (Å²) in [4.78, 5) is 0. The first-order chi connectivity index (χ1) is 9.28. The van der Waals surface area contributed by atoms with Crippen LogP contribution in [0, 0.1) is 0 Å². The van der Waals surface area contributed by atoms with Crippen LogP contribution in [-0.4, -0.2) is 19.6 Å². The Morgan fingerprint density at radius 2 is 2.16 bits per heavy atom. The zero-order valence-electron chi connectivity index (χ0n) is 10.7. The average molecular weight is 253 g/mol. The lowest BCUT2D eigenvalue weighted by molar-refractivity contribution is 0.742. The van der Waals surface area contributed by atoms with Gasteiger partial charge in [-0.3, -0.25) is 4.68 Å². The standard InChI is InChI=1S/C14H15N5/c1-18-10-13(14(9-15)17-18)11-4-2-5-12(8-11)19-7-3-6-16-19/h2-8,10H,9,15H2,1H3. The molecule has 2 aromatic heterocycles. The highest BCUT2D eigenvalue weighted by molar-refractivity contribution is 5.67. The zero-order chi connectivity index (χ0) is 13.2. The molecule has 0 aliphatic rings. The predicted molar refractivity (Wildman–Crippen MR) is 73.7 cm³/mol. The minimum atomic E-state index is 0.433. The van der Waals surface area contributed by atoms with Crippen LogP contribution in [0.1, 0.15) is 5.69 Å². The molecule has 0 unspecified atom stereocenters. The maximum absolute atomic E-state index is 5.74. The molecule has 3 rings (SSSR count). The number of aromatic nitrogens is 4. The van der Waals surface area contributed by atoms with E-state index in [4.69, 9.17) is 5.73 Å². The van der Waals surface area contributed by atoms with E-state index in [0.29, 0.717) is 6.54 Å². The molecule has 0 atom stereocenters. The molecule has 5 nitrogen and oxygen atoms in total. The molecule has 0 spiro atoms. The van der Waals surface area contributed by atoms with Crippen molar-refractivity contribution in [1.29, 1.82) is 0 Å². The van der Waals surface area contributed by atoms with Gasteiger partial charge in [-0.1, -0.05) is 12.1 Å². The molecule has 19 heavy (non-hydrogen) atoms. The Morgan fingerprint density at radius 3 is 2.89 bits per heavy atom. The van der Waals surface area contributed by atoms with Crippen LogP contribution in [0.15, 0.2) is 48.9 Å². The van der Waals surface area contributed by atoms with E-state index in [1.165, 1.54) is 0 Å². The molecule has 0 bridgehead atoms. The average Bonchev–Trinajstić information content (AvgIpc) is 3.07. The minimum absolute atomic E-state index is 0.433. The molecular formula is C14H15N5. The highest BCUT2D eigenvalue weighted by Crippen LogP contribution is 2.24. The van der Waals surface area contributed by atoms with Crippen molar-refractivity contribution in [3.05, 3.63) is 54.6 Å². The fraction of sp³-hybridized carbons (Fsp3) is 0.143. The van der Waals surface area contributed by atoms with Crippen LogP contribution in [0.4, 0.5) is 0 Å². The van der Waals surface area contributed by atoms with Crippen LogP contribution in [0.2, 0.25) is 0 Å². The van der Waals surface area contributed by atoms with Gasteiger partial charge in [0, 0.05) is 37.7 Å². The third-order valence-corrected chi connectivity index (χ3v) is 3.02. The lowest BCUT2D eigenvalue weighted by atomic mass is 10.1. The summed E-state index contributed by atoms with van der Waals surface area (Å²) in [5, 5.41) is 8.61. The Balaban J connectivity index is 2.08. The van der Waals surface area contributed by atoms with E-state index in [1.54, 1.807) is 10.9 Å². The van der Waals surface area contributed by atoms with Gasteiger partial charge in [0.05, 0.1) is 11.4 Å². The first kappa shape index (κ1) is 11.7. The molecule has 3 aromatic rings. The van der Waals surface area contributed by atoms with E-state index in [1.807, 2.05) is 42.3 Å². The first-order valence-electron chi connectivity index (χ1n) is 6.11. The van der Waals surface area contributed by atoms with E-state index in [0.717, 1.165) is 22.5 Å². The summed E-state index contributed by atoms with van der Waals surface area (Å²) in [5.74, 6) is 0. The Kier molecular flexibility index (Phi) is 2.89. The van der Waals surface area contributed by atoms with Gasteiger partial charge in [0.1, 0.15) is 0 Å². The van der Waals surface area contributed by atoms with Crippen LogP contribution in [0.5, 0.6) is 0 Å². The molecule has 0 amide bonds. The van der Waals surface area contributed by atoms with Crippen molar-refractivity contribution >= 4 is 0 Å². The van der Waals surface area contributed by atoms with E-state index in [9.17, 15) is 0 Å². The number of benzene rings is 1. The largest absolute Gasteiger partial charge is 0.325 e. The Bertz CT molecular complexity index is 682. The van der Waals surface area contributed by atoms with Gasteiger partial charge in [-0.15, -0.1) is 0 Å². The highest BCUT2D eigenvalue weighted by atomic mass is 15.3. The second-order valence-corrected chi connectivity index (χ2v) is 4.37. The summed E-state index contributed by atoms with van der Waals surface area (Å²) in [7, 11) is 1.90. The highest BCUT2D eigenvalue weighted by Gasteiger charge is 2.09. The molecule has 0 radical (unpaired) electrons. The number of aryl methyl sites for hydroxylation is 1. The monoisotopic (exact) mass is 253 g/mol. The van der Waals surface area contributed by atoms with Gasteiger partial charge in [0.2, 0.25) is 0 Å². The zero-order valence-corrected chi connectivity index (χ0v) is 10.7. The van der Waals surface area contributed by atoms with E-state index < -0.39 is 0 Å². The van der Waals surface area contributed by atoms with Crippen molar-refractivity contribution in [3.8, 4) is 16.8 Å². The molecule has 2 heterocycles. The number of rotatable bonds is 3. The summed E-state index contributed by atoms with van der Waals surface area (Å²) in [6.45, 7) is 0.433. The number of hydrogen-bond acceptors (Lipinski definition) is 3. The summed E-state index contributed by atoms with van der Waals surface area (Å²) >= 11 is 0. The van der Waals surface area contributed by atoms with Crippen molar-refractivity contribution in [2.24, 2.45) is 12.8 Å². The van der Waals surface area contributed by atoms with Crippen LogP contribution < -0.4 is 5.73 Å².